The molecule has 0 spiro atoms. The van der Waals surface area contributed by atoms with Crippen LogP contribution in [0.5, 0.6) is 0 Å². The summed E-state index contributed by atoms with van der Waals surface area (Å²) in [5.41, 5.74) is 5.87. The average Bonchev–Trinajstić information content (AvgIpc) is 2.34. The summed E-state index contributed by atoms with van der Waals surface area (Å²) in [5.74, 6) is 0.908. The van der Waals surface area contributed by atoms with E-state index in [9.17, 15) is 4.79 Å². The van der Waals surface area contributed by atoms with E-state index < -0.39 is 0 Å². The lowest BCUT2D eigenvalue weighted by Gasteiger charge is -2.38. The van der Waals surface area contributed by atoms with Gasteiger partial charge in [-0.25, -0.2) is 0 Å². The SMILES string of the molecule is CC1CCCC(N(C)C(CN)CC(=O)NC(C)C)C1. The van der Waals surface area contributed by atoms with Crippen LogP contribution in [0.4, 0.5) is 0 Å². The van der Waals surface area contributed by atoms with Crippen LogP contribution in [0.15, 0.2) is 0 Å². The lowest BCUT2D eigenvalue weighted by atomic mass is 9.85. The third-order valence-electron chi connectivity index (χ3n) is 4.20. The molecule has 0 aromatic carbocycles. The molecule has 0 aromatic heterocycles. The molecular weight excluding hydrogens is 238 g/mol. The topological polar surface area (TPSA) is 58.4 Å². The van der Waals surface area contributed by atoms with Gasteiger partial charge >= 0.3 is 0 Å². The number of hydrogen-bond acceptors (Lipinski definition) is 3. The quantitative estimate of drug-likeness (QED) is 0.772. The Morgan fingerprint density at radius 1 is 1.42 bits per heavy atom. The minimum absolute atomic E-state index is 0.112. The van der Waals surface area contributed by atoms with Crippen molar-refractivity contribution in [3.8, 4) is 0 Å². The Morgan fingerprint density at radius 3 is 2.63 bits per heavy atom. The number of carbonyl (C=O) groups is 1. The first kappa shape index (κ1) is 16.4. The zero-order chi connectivity index (χ0) is 14.4. The molecule has 0 saturated heterocycles. The second-order valence-electron chi connectivity index (χ2n) is 6.41. The van der Waals surface area contributed by atoms with E-state index in [1.165, 1.54) is 25.7 Å². The van der Waals surface area contributed by atoms with Crippen molar-refractivity contribution in [3.63, 3.8) is 0 Å². The van der Waals surface area contributed by atoms with E-state index in [1.54, 1.807) is 0 Å². The second kappa shape index (κ2) is 7.85. The van der Waals surface area contributed by atoms with E-state index in [4.69, 9.17) is 5.73 Å². The summed E-state index contributed by atoms with van der Waals surface area (Å²) in [4.78, 5) is 14.2. The van der Waals surface area contributed by atoms with Crippen LogP contribution < -0.4 is 11.1 Å². The largest absolute Gasteiger partial charge is 0.354 e. The molecule has 1 aliphatic rings. The maximum Gasteiger partial charge on any atom is 0.221 e. The molecule has 3 N–H and O–H groups in total. The Morgan fingerprint density at radius 2 is 2.11 bits per heavy atom. The number of hydrogen-bond donors (Lipinski definition) is 2. The molecule has 1 amide bonds. The average molecular weight is 269 g/mol. The van der Waals surface area contributed by atoms with Gasteiger partial charge < -0.3 is 11.1 Å². The first-order valence-electron chi connectivity index (χ1n) is 7.65. The molecule has 0 bridgehead atoms. The molecule has 1 rings (SSSR count). The highest BCUT2D eigenvalue weighted by atomic mass is 16.1. The second-order valence-corrected chi connectivity index (χ2v) is 6.41. The van der Waals surface area contributed by atoms with E-state index in [0.29, 0.717) is 19.0 Å². The summed E-state index contributed by atoms with van der Waals surface area (Å²) in [7, 11) is 2.13. The van der Waals surface area contributed by atoms with Crippen molar-refractivity contribution in [2.24, 2.45) is 11.7 Å². The molecule has 3 atom stereocenters. The Balaban J connectivity index is 2.50. The highest BCUT2D eigenvalue weighted by Crippen LogP contribution is 2.27. The molecule has 0 aromatic rings. The first-order chi connectivity index (χ1) is 8.93. The summed E-state index contributed by atoms with van der Waals surface area (Å²) < 4.78 is 0. The van der Waals surface area contributed by atoms with Gasteiger partial charge in [-0.2, -0.15) is 0 Å². The smallest absolute Gasteiger partial charge is 0.221 e. The van der Waals surface area contributed by atoms with Crippen molar-refractivity contribution in [2.75, 3.05) is 13.6 Å². The molecule has 4 nitrogen and oxygen atoms in total. The van der Waals surface area contributed by atoms with E-state index in [0.717, 1.165) is 5.92 Å². The van der Waals surface area contributed by atoms with Gasteiger partial charge in [0.05, 0.1) is 0 Å². The minimum atomic E-state index is 0.112. The number of nitrogens with zero attached hydrogens (tertiary/aromatic N) is 1. The van der Waals surface area contributed by atoms with E-state index in [1.807, 2.05) is 13.8 Å². The van der Waals surface area contributed by atoms with Gasteiger partial charge in [0.25, 0.3) is 0 Å². The molecule has 4 heteroatoms. The van der Waals surface area contributed by atoms with Crippen LogP contribution in [0, 0.1) is 5.92 Å². The third kappa shape index (κ3) is 5.49. The number of likely N-dealkylation sites (N-methyl/N-ethyl adjacent to an activating group) is 1. The van der Waals surface area contributed by atoms with Crippen LogP contribution in [-0.2, 0) is 4.79 Å². The van der Waals surface area contributed by atoms with Crippen molar-refractivity contribution >= 4 is 5.91 Å². The van der Waals surface area contributed by atoms with Crippen LogP contribution in [0.2, 0.25) is 0 Å². The van der Waals surface area contributed by atoms with E-state index >= 15 is 0 Å². The predicted molar refractivity (Wildman–Crippen MR) is 79.9 cm³/mol. The molecule has 0 heterocycles. The molecule has 3 unspecified atom stereocenters. The number of nitrogens with one attached hydrogen (secondary N) is 1. The van der Waals surface area contributed by atoms with Crippen molar-refractivity contribution in [3.05, 3.63) is 0 Å². The Bertz CT molecular complexity index is 281. The maximum absolute atomic E-state index is 11.9. The fraction of sp³-hybridized carbons (Fsp3) is 0.933. The zero-order valence-electron chi connectivity index (χ0n) is 13.0. The summed E-state index contributed by atoms with van der Waals surface area (Å²) >= 11 is 0. The Hall–Kier alpha value is -0.610. The number of amides is 1. The van der Waals surface area contributed by atoms with Gasteiger partial charge in [0.1, 0.15) is 0 Å². The predicted octanol–water partition coefficient (Wildman–Crippen LogP) is 1.74. The molecule has 112 valence electrons. The van der Waals surface area contributed by atoms with Crippen LogP contribution in [0.1, 0.15) is 52.9 Å². The molecule has 19 heavy (non-hydrogen) atoms. The van der Waals surface area contributed by atoms with Crippen LogP contribution >= 0.6 is 0 Å². The van der Waals surface area contributed by atoms with Crippen molar-refractivity contribution < 1.29 is 4.79 Å². The van der Waals surface area contributed by atoms with Gasteiger partial charge in [0.2, 0.25) is 5.91 Å². The highest BCUT2D eigenvalue weighted by molar-refractivity contribution is 5.76. The van der Waals surface area contributed by atoms with Gasteiger partial charge in [0.15, 0.2) is 0 Å². The van der Waals surface area contributed by atoms with Crippen molar-refractivity contribution in [2.45, 2.75) is 71.0 Å². The van der Waals surface area contributed by atoms with Gasteiger partial charge in [0, 0.05) is 31.1 Å². The molecule has 1 fully saturated rings. The molecular formula is C15H31N3O. The standard InChI is InChI=1S/C15H31N3O/c1-11(2)17-15(19)9-14(10-16)18(4)13-7-5-6-12(3)8-13/h11-14H,5-10,16H2,1-4H3,(H,17,19). The third-order valence-corrected chi connectivity index (χ3v) is 4.20. The molecule has 1 aliphatic carbocycles. The normalized spacial score (nSPS) is 25.6. The lowest BCUT2D eigenvalue weighted by molar-refractivity contribution is -0.122. The van der Waals surface area contributed by atoms with E-state index in [2.05, 4.69) is 24.2 Å². The summed E-state index contributed by atoms with van der Waals surface area (Å²) in [6.45, 7) is 6.85. The summed E-state index contributed by atoms with van der Waals surface area (Å²) in [6, 6.07) is 0.948. The first-order valence-corrected chi connectivity index (χ1v) is 7.65. The minimum Gasteiger partial charge on any atom is -0.354 e. The van der Waals surface area contributed by atoms with Crippen LogP contribution in [0.3, 0.4) is 0 Å². The van der Waals surface area contributed by atoms with Crippen molar-refractivity contribution in [1.82, 2.24) is 10.2 Å². The molecule has 0 radical (unpaired) electrons. The Labute approximate surface area is 118 Å². The van der Waals surface area contributed by atoms with Gasteiger partial charge in [-0.1, -0.05) is 19.8 Å². The highest BCUT2D eigenvalue weighted by Gasteiger charge is 2.27. The molecule has 0 aliphatic heterocycles. The fourth-order valence-electron chi connectivity index (χ4n) is 3.06. The van der Waals surface area contributed by atoms with Crippen molar-refractivity contribution in [1.29, 1.82) is 0 Å². The molecule has 1 saturated carbocycles. The number of rotatable bonds is 6. The van der Waals surface area contributed by atoms with E-state index in [-0.39, 0.29) is 18.0 Å². The summed E-state index contributed by atoms with van der Waals surface area (Å²) in [6.07, 6.45) is 5.62. The van der Waals surface area contributed by atoms with Gasteiger partial charge in [-0.3, -0.25) is 9.69 Å². The number of nitrogens with two attached hydrogens (primary N) is 1. The van der Waals surface area contributed by atoms with Gasteiger partial charge in [-0.15, -0.1) is 0 Å². The lowest BCUT2D eigenvalue weighted by Crippen LogP contribution is -2.48. The van der Waals surface area contributed by atoms with Crippen LogP contribution in [0.25, 0.3) is 0 Å². The Kier molecular flexibility index (Phi) is 6.80. The fourth-order valence-corrected chi connectivity index (χ4v) is 3.06. The summed E-state index contributed by atoms with van der Waals surface area (Å²) in [5, 5.41) is 2.95. The monoisotopic (exact) mass is 269 g/mol. The van der Waals surface area contributed by atoms with Crippen LogP contribution in [-0.4, -0.2) is 42.5 Å². The zero-order valence-corrected chi connectivity index (χ0v) is 13.0. The number of carbonyl (C=O) groups excluding carboxylic acids is 1. The maximum atomic E-state index is 11.9. The van der Waals surface area contributed by atoms with Gasteiger partial charge in [-0.05, 0) is 39.7 Å².